The molecule has 112 valence electrons. The van der Waals surface area contributed by atoms with Crippen LogP contribution in [0.1, 0.15) is 35.7 Å². The van der Waals surface area contributed by atoms with E-state index in [9.17, 15) is 0 Å². The van der Waals surface area contributed by atoms with E-state index >= 15 is 0 Å². The molecule has 2 unspecified atom stereocenters. The van der Waals surface area contributed by atoms with Gasteiger partial charge in [0, 0.05) is 0 Å². The molecule has 2 atom stereocenters. The van der Waals surface area contributed by atoms with Crippen molar-refractivity contribution in [3.8, 4) is 5.75 Å². The van der Waals surface area contributed by atoms with Gasteiger partial charge in [0.05, 0.1) is 18.6 Å². The first kappa shape index (κ1) is 14.4. The van der Waals surface area contributed by atoms with Gasteiger partial charge in [-0.1, -0.05) is 23.4 Å². The second-order valence-corrected chi connectivity index (χ2v) is 6.18. The first-order chi connectivity index (χ1) is 10.3. The number of hydrogen-bond donors (Lipinski definition) is 1. The zero-order valence-electron chi connectivity index (χ0n) is 12.0. The molecule has 0 spiro atoms. The Labute approximate surface area is 128 Å². The minimum absolute atomic E-state index is 0.130. The molecule has 21 heavy (non-hydrogen) atoms. The van der Waals surface area contributed by atoms with Crippen molar-refractivity contribution < 1.29 is 9.26 Å². The lowest BCUT2D eigenvalue weighted by Gasteiger charge is -2.22. The van der Waals surface area contributed by atoms with Crippen LogP contribution in [0.15, 0.2) is 28.8 Å². The molecule has 2 aromatic rings. The van der Waals surface area contributed by atoms with Gasteiger partial charge in [-0.15, -0.1) is 0 Å². The summed E-state index contributed by atoms with van der Waals surface area (Å²) in [5.74, 6) is 3.29. The molecule has 1 aromatic heterocycles. The van der Waals surface area contributed by atoms with Crippen molar-refractivity contribution >= 4 is 11.8 Å². The Morgan fingerprint density at radius 1 is 1.43 bits per heavy atom. The van der Waals surface area contributed by atoms with Crippen molar-refractivity contribution in [3.63, 3.8) is 0 Å². The Kier molecular flexibility index (Phi) is 4.45. The van der Waals surface area contributed by atoms with Crippen molar-refractivity contribution in [2.45, 2.75) is 24.8 Å². The lowest BCUT2D eigenvalue weighted by atomic mass is 9.96. The van der Waals surface area contributed by atoms with Gasteiger partial charge in [-0.25, -0.2) is 0 Å². The highest BCUT2D eigenvalue weighted by Gasteiger charge is 2.26. The summed E-state index contributed by atoms with van der Waals surface area (Å²) in [6.07, 6.45) is 3.77. The molecule has 2 heterocycles. The van der Waals surface area contributed by atoms with Crippen LogP contribution in [-0.2, 0) is 6.42 Å². The van der Waals surface area contributed by atoms with Crippen LogP contribution in [0.2, 0.25) is 0 Å². The van der Waals surface area contributed by atoms with Crippen LogP contribution < -0.4 is 10.5 Å². The van der Waals surface area contributed by atoms with E-state index in [2.05, 4.69) is 22.5 Å². The van der Waals surface area contributed by atoms with E-state index in [0.717, 1.165) is 24.3 Å². The number of ether oxygens (including phenoxy) is 1. The van der Waals surface area contributed by atoms with Crippen LogP contribution >= 0.6 is 11.8 Å². The van der Waals surface area contributed by atoms with Gasteiger partial charge >= 0.3 is 0 Å². The van der Waals surface area contributed by atoms with E-state index in [1.807, 2.05) is 18.2 Å². The van der Waals surface area contributed by atoms with Crippen molar-refractivity contribution in [2.75, 3.05) is 18.6 Å². The Morgan fingerprint density at radius 3 is 3.14 bits per heavy atom. The fourth-order valence-electron chi connectivity index (χ4n) is 2.43. The van der Waals surface area contributed by atoms with Gasteiger partial charge in [-0.3, -0.25) is 0 Å². The predicted molar refractivity (Wildman–Crippen MR) is 82.6 cm³/mol. The summed E-state index contributed by atoms with van der Waals surface area (Å²) in [6.45, 7) is 0.579. The van der Waals surface area contributed by atoms with Crippen LogP contribution in [0.5, 0.6) is 5.75 Å². The summed E-state index contributed by atoms with van der Waals surface area (Å²) in [5, 5.41) is 4.09. The second-order valence-electron chi connectivity index (χ2n) is 5.20. The fraction of sp³-hybridized carbons (Fsp3) is 0.467. The quantitative estimate of drug-likeness (QED) is 0.915. The lowest BCUT2D eigenvalue weighted by molar-refractivity contribution is 0.253. The third-order valence-electron chi connectivity index (χ3n) is 3.65. The summed E-state index contributed by atoms with van der Waals surface area (Å²) in [5.41, 5.74) is 7.25. The summed E-state index contributed by atoms with van der Waals surface area (Å²) >= 11 is 1.76. The van der Waals surface area contributed by atoms with Gasteiger partial charge in [0.1, 0.15) is 5.75 Å². The highest BCUT2D eigenvalue weighted by molar-refractivity contribution is 7.98. The number of hydrogen-bond acceptors (Lipinski definition) is 6. The molecule has 0 bridgehead atoms. The molecule has 0 radical (unpaired) electrons. The Balaban J connectivity index is 1.70. The van der Waals surface area contributed by atoms with Gasteiger partial charge in [0.2, 0.25) is 5.89 Å². The zero-order chi connectivity index (χ0) is 14.7. The fourth-order valence-corrected chi connectivity index (χ4v) is 2.92. The maximum Gasteiger partial charge on any atom is 0.243 e. The summed E-state index contributed by atoms with van der Waals surface area (Å²) in [4.78, 5) is 4.47. The second kappa shape index (κ2) is 6.49. The molecule has 1 aliphatic rings. The molecule has 3 rings (SSSR count). The van der Waals surface area contributed by atoms with E-state index in [-0.39, 0.29) is 12.0 Å². The maximum absolute atomic E-state index is 6.06. The van der Waals surface area contributed by atoms with Gasteiger partial charge in [0.25, 0.3) is 0 Å². The highest BCUT2D eigenvalue weighted by atomic mass is 32.2. The number of rotatable bonds is 5. The van der Waals surface area contributed by atoms with E-state index in [1.165, 1.54) is 5.56 Å². The maximum atomic E-state index is 6.06. The van der Waals surface area contributed by atoms with Gasteiger partial charge in [-0.2, -0.15) is 16.7 Å². The zero-order valence-corrected chi connectivity index (χ0v) is 12.8. The van der Waals surface area contributed by atoms with Gasteiger partial charge in [0.15, 0.2) is 5.82 Å². The molecule has 2 N–H and O–H groups in total. The largest absolute Gasteiger partial charge is 0.493 e. The van der Waals surface area contributed by atoms with Crippen molar-refractivity contribution in [3.05, 3.63) is 41.5 Å². The average Bonchev–Trinajstić information content (AvgIpc) is 3.02. The minimum atomic E-state index is -0.185. The standard InChI is InChI=1S/C15H19N3O2S/c1-21-7-6-12(16)15-17-14(18-20-15)11-8-10-4-2-3-5-13(10)19-9-11/h2-5,11-12H,6-9,16H2,1H3. The first-order valence-electron chi connectivity index (χ1n) is 7.06. The summed E-state index contributed by atoms with van der Waals surface area (Å²) < 4.78 is 11.1. The number of nitrogens with two attached hydrogens (primary N) is 1. The number of thioether (sulfide) groups is 1. The third kappa shape index (κ3) is 3.22. The molecule has 0 saturated carbocycles. The van der Waals surface area contributed by atoms with Crippen LogP contribution in [0.3, 0.4) is 0 Å². The molecule has 0 amide bonds. The monoisotopic (exact) mass is 305 g/mol. The smallest absolute Gasteiger partial charge is 0.243 e. The van der Waals surface area contributed by atoms with Gasteiger partial charge in [-0.05, 0) is 36.5 Å². The first-order valence-corrected chi connectivity index (χ1v) is 8.46. The molecule has 1 aliphatic heterocycles. The molecule has 0 aliphatic carbocycles. The van der Waals surface area contributed by atoms with E-state index in [4.69, 9.17) is 15.0 Å². The number of aromatic nitrogens is 2. The van der Waals surface area contributed by atoms with Gasteiger partial charge < -0.3 is 15.0 Å². The van der Waals surface area contributed by atoms with Crippen LogP contribution in [0.25, 0.3) is 0 Å². The number of nitrogens with zero attached hydrogens (tertiary/aromatic N) is 2. The molecular weight excluding hydrogens is 286 g/mol. The molecule has 6 heteroatoms. The van der Waals surface area contributed by atoms with Crippen LogP contribution in [0.4, 0.5) is 0 Å². The Hall–Kier alpha value is -1.53. The topological polar surface area (TPSA) is 74.2 Å². The Bertz CT molecular complexity index is 602. The molecule has 0 saturated heterocycles. The number of fused-ring (bicyclic) bond motifs is 1. The average molecular weight is 305 g/mol. The normalized spacial score (nSPS) is 18.9. The predicted octanol–water partition coefficient (Wildman–Crippen LogP) is 2.54. The SMILES string of the molecule is CSCCC(N)c1nc(C2COc3ccccc3C2)no1. The van der Waals surface area contributed by atoms with E-state index < -0.39 is 0 Å². The third-order valence-corrected chi connectivity index (χ3v) is 4.30. The van der Waals surface area contributed by atoms with E-state index in [0.29, 0.717) is 18.3 Å². The van der Waals surface area contributed by atoms with E-state index in [1.54, 1.807) is 11.8 Å². The molecular formula is C15H19N3O2S. The van der Waals surface area contributed by atoms with Crippen molar-refractivity contribution in [1.82, 2.24) is 10.1 Å². The summed E-state index contributed by atoms with van der Waals surface area (Å²) in [7, 11) is 0. The molecule has 1 aromatic carbocycles. The number of para-hydroxylation sites is 1. The summed E-state index contributed by atoms with van der Waals surface area (Å²) in [6, 6.07) is 7.88. The highest BCUT2D eigenvalue weighted by Crippen LogP contribution is 2.31. The van der Waals surface area contributed by atoms with Crippen LogP contribution in [-0.4, -0.2) is 28.8 Å². The minimum Gasteiger partial charge on any atom is -0.493 e. The molecule has 5 nitrogen and oxygen atoms in total. The van der Waals surface area contributed by atoms with Crippen LogP contribution in [0, 0.1) is 0 Å². The Morgan fingerprint density at radius 2 is 2.29 bits per heavy atom. The van der Waals surface area contributed by atoms with Crippen molar-refractivity contribution in [1.29, 1.82) is 0 Å². The lowest BCUT2D eigenvalue weighted by Crippen LogP contribution is -2.20. The number of benzene rings is 1. The molecule has 0 fully saturated rings. The van der Waals surface area contributed by atoms with Crippen molar-refractivity contribution in [2.24, 2.45) is 5.73 Å².